The normalized spacial score (nSPS) is 17.2. The summed E-state index contributed by atoms with van der Waals surface area (Å²) in [6.45, 7) is 1.54. The van der Waals surface area contributed by atoms with Crippen molar-refractivity contribution in [1.82, 2.24) is 10.0 Å². The highest BCUT2D eigenvalue weighted by Gasteiger charge is 2.27. The molecule has 1 aromatic carbocycles. The van der Waals surface area contributed by atoms with Crippen LogP contribution >= 0.6 is 0 Å². The third-order valence-electron chi connectivity index (χ3n) is 2.70. The molecule has 1 amide bonds. The predicted molar refractivity (Wildman–Crippen MR) is 67.4 cm³/mol. The molecule has 0 saturated heterocycles. The van der Waals surface area contributed by atoms with E-state index in [0.717, 1.165) is 12.8 Å². The molecule has 1 fully saturated rings. The van der Waals surface area contributed by atoms with Crippen LogP contribution in [0.15, 0.2) is 35.2 Å². The fourth-order valence-corrected chi connectivity index (χ4v) is 2.73. The van der Waals surface area contributed by atoms with Crippen LogP contribution in [0.2, 0.25) is 0 Å². The third kappa shape index (κ3) is 3.30. The lowest BCUT2D eigenvalue weighted by Crippen LogP contribution is -2.45. The van der Waals surface area contributed by atoms with E-state index in [4.69, 9.17) is 0 Å². The molecule has 0 radical (unpaired) electrons. The second-order valence-electron chi connectivity index (χ2n) is 4.44. The molecule has 0 bridgehead atoms. The topological polar surface area (TPSA) is 75.3 Å². The third-order valence-corrected chi connectivity index (χ3v) is 4.26. The first kappa shape index (κ1) is 13.0. The molecule has 2 N–H and O–H groups in total. The van der Waals surface area contributed by atoms with E-state index in [0.29, 0.717) is 0 Å². The van der Waals surface area contributed by atoms with Gasteiger partial charge in [-0.2, -0.15) is 4.72 Å². The molecule has 5 nitrogen and oxygen atoms in total. The summed E-state index contributed by atoms with van der Waals surface area (Å²) in [5, 5.41) is 2.76. The fraction of sp³-hybridized carbons (Fsp3) is 0.417. The van der Waals surface area contributed by atoms with Gasteiger partial charge in [0.05, 0.1) is 10.9 Å². The Morgan fingerprint density at radius 2 is 1.89 bits per heavy atom. The highest BCUT2D eigenvalue weighted by Crippen LogP contribution is 2.18. The van der Waals surface area contributed by atoms with Crippen molar-refractivity contribution in [3.63, 3.8) is 0 Å². The SMILES string of the molecule is CC(NS(=O)(=O)c1ccccc1)C(=O)NC1CC1. The van der Waals surface area contributed by atoms with Gasteiger partial charge in [0.25, 0.3) is 0 Å². The number of amides is 1. The first-order valence-corrected chi connectivity index (χ1v) is 7.35. The summed E-state index contributed by atoms with van der Waals surface area (Å²) in [4.78, 5) is 11.8. The number of sulfonamides is 1. The van der Waals surface area contributed by atoms with Gasteiger partial charge in [-0.25, -0.2) is 8.42 Å². The average molecular weight is 268 g/mol. The number of carbonyl (C=O) groups excluding carboxylic acids is 1. The zero-order chi connectivity index (χ0) is 13.2. The molecule has 1 atom stereocenters. The zero-order valence-corrected chi connectivity index (χ0v) is 10.9. The Morgan fingerprint density at radius 3 is 2.44 bits per heavy atom. The van der Waals surface area contributed by atoms with Gasteiger partial charge in [-0.3, -0.25) is 4.79 Å². The lowest BCUT2D eigenvalue weighted by molar-refractivity contribution is -0.122. The van der Waals surface area contributed by atoms with Crippen molar-refractivity contribution in [2.75, 3.05) is 0 Å². The van der Waals surface area contributed by atoms with Crippen molar-refractivity contribution in [1.29, 1.82) is 0 Å². The van der Waals surface area contributed by atoms with Crippen LogP contribution in [0.4, 0.5) is 0 Å². The lowest BCUT2D eigenvalue weighted by atomic mass is 10.3. The van der Waals surface area contributed by atoms with E-state index in [-0.39, 0.29) is 16.8 Å². The van der Waals surface area contributed by atoms with E-state index in [1.807, 2.05) is 0 Å². The minimum atomic E-state index is -3.63. The fourth-order valence-electron chi connectivity index (χ4n) is 1.51. The van der Waals surface area contributed by atoms with E-state index >= 15 is 0 Å². The summed E-state index contributed by atoms with van der Waals surface area (Å²) in [5.74, 6) is -0.281. The molecule has 18 heavy (non-hydrogen) atoms. The Bertz CT molecular complexity index is 524. The van der Waals surface area contributed by atoms with Crippen LogP contribution in [-0.2, 0) is 14.8 Å². The largest absolute Gasteiger partial charge is 0.352 e. The highest BCUT2D eigenvalue weighted by atomic mass is 32.2. The lowest BCUT2D eigenvalue weighted by Gasteiger charge is -2.14. The van der Waals surface area contributed by atoms with Gasteiger partial charge in [0, 0.05) is 6.04 Å². The van der Waals surface area contributed by atoms with Gasteiger partial charge in [-0.15, -0.1) is 0 Å². The minimum Gasteiger partial charge on any atom is -0.352 e. The predicted octanol–water partition coefficient (Wildman–Crippen LogP) is 0.632. The van der Waals surface area contributed by atoms with Gasteiger partial charge >= 0.3 is 0 Å². The molecule has 0 aliphatic heterocycles. The summed E-state index contributed by atoms with van der Waals surface area (Å²) < 4.78 is 26.3. The summed E-state index contributed by atoms with van der Waals surface area (Å²) in [6, 6.07) is 7.47. The van der Waals surface area contributed by atoms with E-state index in [1.54, 1.807) is 18.2 Å². The highest BCUT2D eigenvalue weighted by molar-refractivity contribution is 7.89. The molecule has 2 rings (SSSR count). The van der Waals surface area contributed by atoms with Crippen LogP contribution in [0.5, 0.6) is 0 Å². The van der Waals surface area contributed by atoms with Crippen LogP contribution in [0.1, 0.15) is 19.8 Å². The first-order chi connectivity index (χ1) is 8.49. The van der Waals surface area contributed by atoms with Gasteiger partial charge in [0.2, 0.25) is 15.9 Å². The standard InChI is InChI=1S/C12H16N2O3S/c1-9(12(15)13-10-7-8-10)14-18(16,17)11-5-3-2-4-6-11/h2-6,9-10,14H,7-8H2,1H3,(H,13,15). The summed E-state index contributed by atoms with van der Waals surface area (Å²) >= 11 is 0. The molecule has 98 valence electrons. The van der Waals surface area contributed by atoms with E-state index in [1.165, 1.54) is 19.1 Å². The smallest absolute Gasteiger partial charge is 0.241 e. The van der Waals surface area contributed by atoms with Crippen LogP contribution < -0.4 is 10.0 Å². The van der Waals surface area contributed by atoms with Crippen LogP contribution in [-0.4, -0.2) is 26.4 Å². The average Bonchev–Trinajstić information content (AvgIpc) is 3.13. The molecular weight excluding hydrogens is 252 g/mol. The Morgan fingerprint density at radius 1 is 1.28 bits per heavy atom. The molecule has 1 saturated carbocycles. The first-order valence-electron chi connectivity index (χ1n) is 5.87. The van der Waals surface area contributed by atoms with Crippen LogP contribution in [0, 0.1) is 0 Å². The molecule has 1 aromatic rings. The molecule has 0 aromatic heterocycles. The van der Waals surface area contributed by atoms with Gasteiger partial charge in [-0.1, -0.05) is 18.2 Å². The van der Waals surface area contributed by atoms with Crippen molar-refractivity contribution in [3.8, 4) is 0 Å². The summed E-state index contributed by atoms with van der Waals surface area (Å²) in [5.41, 5.74) is 0. The monoisotopic (exact) mass is 268 g/mol. The molecule has 6 heteroatoms. The Balaban J connectivity index is 2.01. The van der Waals surface area contributed by atoms with E-state index in [9.17, 15) is 13.2 Å². The van der Waals surface area contributed by atoms with Crippen LogP contribution in [0.25, 0.3) is 0 Å². The van der Waals surface area contributed by atoms with Gasteiger partial charge in [0.15, 0.2) is 0 Å². The molecule has 1 unspecified atom stereocenters. The molecule has 1 aliphatic carbocycles. The summed E-state index contributed by atoms with van der Waals surface area (Å²) in [6.07, 6.45) is 1.95. The Hall–Kier alpha value is -1.40. The number of benzene rings is 1. The maximum Gasteiger partial charge on any atom is 0.241 e. The molecule has 0 heterocycles. The van der Waals surface area contributed by atoms with Gasteiger partial charge in [0.1, 0.15) is 0 Å². The second kappa shape index (κ2) is 5.07. The molecule has 1 aliphatic rings. The van der Waals surface area contributed by atoms with Gasteiger partial charge in [-0.05, 0) is 31.9 Å². The van der Waals surface area contributed by atoms with Crippen molar-refractivity contribution >= 4 is 15.9 Å². The number of hydrogen-bond donors (Lipinski definition) is 2. The van der Waals surface area contributed by atoms with Crippen molar-refractivity contribution in [3.05, 3.63) is 30.3 Å². The number of carbonyl (C=O) groups is 1. The van der Waals surface area contributed by atoms with Gasteiger partial charge < -0.3 is 5.32 Å². The van der Waals surface area contributed by atoms with Crippen molar-refractivity contribution in [2.24, 2.45) is 0 Å². The van der Waals surface area contributed by atoms with Crippen molar-refractivity contribution < 1.29 is 13.2 Å². The molecular formula is C12H16N2O3S. The quantitative estimate of drug-likeness (QED) is 0.822. The maximum absolute atomic E-state index is 12.0. The van der Waals surface area contributed by atoms with E-state index < -0.39 is 16.1 Å². The Labute approximate surface area is 107 Å². The summed E-state index contributed by atoms with van der Waals surface area (Å²) in [7, 11) is -3.63. The number of hydrogen-bond acceptors (Lipinski definition) is 3. The van der Waals surface area contributed by atoms with Crippen molar-refractivity contribution in [2.45, 2.75) is 36.7 Å². The number of nitrogens with one attached hydrogen (secondary N) is 2. The molecule has 0 spiro atoms. The number of rotatable bonds is 5. The van der Waals surface area contributed by atoms with E-state index in [2.05, 4.69) is 10.0 Å². The van der Waals surface area contributed by atoms with Crippen LogP contribution in [0.3, 0.4) is 0 Å². The zero-order valence-electron chi connectivity index (χ0n) is 10.1. The maximum atomic E-state index is 12.0. The minimum absolute atomic E-state index is 0.163. The Kier molecular flexibility index (Phi) is 3.68. The second-order valence-corrected chi connectivity index (χ2v) is 6.15.